The van der Waals surface area contributed by atoms with Crippen LogP contribution in [0.3, 0.4) is 0 Å². The highest BCUT2D eigenvalue weighted by Crippen LogP contribution is 2.15. The van der Waals surface area contributed by atoms with E-state index in [-0.39, 0.29) is 11.9 Å². The second kappa shape index (κ2) is 4.77. The molecule has 0 saturated heterocycles. The predicted molar refractivity (Wildman–Crippen MR) is 53.0 cm³/mol. The van der Waals surface area contributed by atoms with E-state index in [4.69, 9.17) is 0 Å². The molecule has 0 spiro atoms. The third kappa shape index (κ3) is 2.67. The Morgan fingerprint density at radius 3 is 2.85 bits per heavy atom. The van der Waals surface area contributed by atoms with Crippen molar-refractivity contribution in [2.75, 3.05) is 6.54 Å². The average molecular weight is 179 g/mol. The molecule has 13 heavy (non-hydrogen) atoms. The normalized spacial score (nSPS) is 12.5. The van der Waals surface area contributed by atoms with Gasteiger partial charge in [-0.15, -0.1) is 6.58 Å². The van der Waals surface area contributed by atoms with Crippen LogP contribution in [0.2, 0.25) is 0 Å². The summed E-state index contributed by atoms with van der Waals surface area (Å²) in [7, 11) is 0. The Labute approximate surface area is 78.3 Å². The van der Waals surface area contributed by atoms with E-state index in [1.54, 1.807) is 18.2 Å². The molecule has 0 aromatic heterocycles. The third-order valence-electron chi connectivity index (χ3n) is 1.94. The zero-order valence-electron chi connectivity index (χ0n) is 7.76. The lowest BCUT2D eigenvalue weighted by Gasteiger charge is -2.13. The monoisotopic (exact) mass is 179 g/mol. The lowest BCUT2D eigenvalue weighted by atomic mass is 10.1. The van der Waals surface area contributed by atoms with Crippen molar-refractivity contribution in [1.29, 1.82) is 0 Å². The van der Waals surface area contributed by atoms with Gasteiger partial charge in [-0.25, -0.2) is 4.39 Å². The van der Waals surface area contributed by atoms with Crippen molar-refractivity contribution in [2.45, 2.75) is 13.0 Å². The average Bonchev–Trinajstić information content (AvgIpc) is 2.15. The first-order chi connectivity index (χ1) is 6.25. The zero-order valence-corrected chi connectivity index (χ0v) is 7.76. The molecular formula is C11H14FN. The molecule has 0 fully saturated rings. The van der Waals surface area contributed by atoms with Crippen LogP contribution in [0.4, 0.5) is 4.39 Å². The summed E-state index contributed by atoms with van der Waals surface area (Å²) in [5, 5.41) is 3.13. The summed E-state index contributed by atoms with van der Waals surface area (Å²) in [6.45, 7) is 6.21. The zero-order chi connectivity index (χ0) is 9.68. The van der Waals surface area contributed by atoms with Crippen LogP contribution in [-0.4, -0.2) is 6.54 Å². The minimum absolute atomic E-state index is 0.0270. The molecule has 1 unspecified atom stereocenters. The Bertz CT molecular complexity index is 283. The lowest BCUT2D eigenvalue weighted by Crippen LogP contribution is -2.19. The minimum atomic E-state index is -0.161. The van der Waals surface area contributed by atoms with Gasteiger partial charge in [0.15, 0.2) is 0 Å². The van der Waals surface area contributed by atoms with Gasteiger partial charge in [-0.1, -0.05) is 24.3 Å². The van der Waals surface area contributed by atoms with Crippen LogP contribution in [0, 0.1) is 5.82 Å². The lowest BCUT2D eigenvalue weighted by molar-refractivity contribution is 0.549. The predicted octanol–water partition coefficient (Wildman–Crippen LogP) is 2.66. The Hall–Kier alpha value is -1.15. The van der Waals surface area contributed by atoms with Gasteiger partial charge in [-0.05, 0) is 13.0 Å². The molecule has 0 heterocycles. The molecule has 0 radical (unpaired) electrons. The quantitative estimate of drug-likeness (QED) is 0.701. The fraction of sp³-hybridized carbons (Fsp3) is 0.273. The standard InChI is InChI=1S/C11H14FN/c1-3-8-13-9(2)10-6-4-5-7-11(10)12/h3-7,9,13H,1,8H2,2H3. The summed E-state index contributed by atoms with van der Waals surface area (Å²) in [5.74, 6) is -0.161. The summed E-state index contributed by atoms with van der Waals surface area (Å²) in [5.41, 5.74) is 0.698. The molecule has 1 nitrogen and oxygen atoms in total. The number of halogens is 1. The van der Waals surface area contributed by atoms with Crippen LogP contribution in [0.25, 0.3) is 0 Å². The van der Waals surface area contributed by atoms with Crippen LogP contribution in [0.15, 0.2) is 36.9 Å². The fourth-order valence-electron chi connectivity index (χ4n) is 1.20. The summed E-state index contributed by atoms with van der Waals surface area (Å²) in [4.78, 5) is 0. The van der Waals surface area contributed by atoms with Gasteiger partial charge in [0, 0.05) is 18.2 Å². The molecule has 1 atom stereocenters. The van der Waals surface area contributed by atoms with Crippen LogP contribution >= 0.6 is 0 Å². The second-order valence-electron chi connectivity index (χ2n) is 2.94. The minimum Gasteiger partial charge on any atom is -0.307 e. The highest BCUT2D eigenvalue weighted by Gasteiger charge is 2.07. The molecular weight excluding hydrogens is 165 g/mol. The number of nitrogens with one attached hydrogen (secondary N) is 1. The molecule has 0 aliphatic rings. The number of benzene rings is 1. The molecule has 1 aromatic carbocycles. The molecule has 1 N–H and O–H groups in total. The van der Waals surface area contributed by atoms with Gasteiger partial charge in [0.1, 0.15) is 5.82 Å². The van der Waals surface area contributed by atoms with Gasteiger partial charge >= 0.3 is 0 Å². The molecule has 0 amide bonds. The Morgan fingerprint density at radius 1 is 1.54 bits per heavy atom. The van der Waals surface area contributed by atoms with Crippen molar-refractivity contribution in [3.05, 3.63) is 48.3 Å². The van der Waals surface area contributed by atoms with E-state index in [1.807, 2.05) is 13.0 Å². The maximum absolute atomic E-state index is 13.2. The van der Waals surface area contributed by atoms with E-state index in [9.17, 15) is 4.39 Å². The summed E-state index contributed by atoms with van der Waals surface area (Å²) in [6, 6.07) is 6.82. The maximum atomic E-state index is 13.2. The highest BCUT2D eigenvalue weighted by atomic mass is 19.1. The van der Waals surface area contributed by atoms with E-state index >= 15 is 0 Å². The number of hydrogen-bond acceptors (Lipinski definition) is 1. The van der Waals surface area contributed by atoms with Crippen molar-refractivity contribution < 1.29 is 4.39 Å². The van der Waals surface area contributed by atoms with Crippen LogP contribution < -0.4 is 5.32 Å². The van der Waals surface area contributed by atoms with E-state index in [1.165, 1.54) is 6.07 Å². The maximum Gasteiger partial charge on any atom is 0.127 e. The Balaban J connectivity index is 2.70. The molecule has 1 rings (SSSR count). The van der Waals surface area contributed by atoms with Gasteiger partial charge in [-0.3, -0.25) is 0 Å². The first kappa shape index (κ1) is 9.93. The summed E-state index contributed by atoms with van der Waals surface area (Å²) in [6.07, 6.45) is 1.76. The molecule has 70 valence electrons. The van der Waals surface area contributed by atoms with Gasteiger partial charge in [0.25, 0.3) is 0 Å². The van der Waals surface area contributed by atoms with E-state index in [0.717, 1.165) is 0 Å². The summed E-state index contributed by atoms with van der Waals surface area (Å²) >= 11 is 0. The largest absolute Gasteiger partial charge is 0.307 e. The smallest absolute Gasteiger partial charge is 0.127 e. The van der Waals surface area contributed by atoms with Crippen molar-refractivity contribution in [3.8, 4) is 0 Å². The van der Waals surface area contributed by atoms with E-state index in [2.05, 4.69) is 11.9 Å². The molecule has 0 aliphatic heterocycles. The molecule has 2 heteroatoms. The van der Waals surface area contributed by atoms with Crippen molar-refractivity contribution in [1.82, 2.24) is 5.32 Å². The molecule has 0 saturated carbocycles. The second-order valence-corrected chi connectivity index (χ2v) is 2.94. The van der Waals surface area contributed by atoms with Crippen molar-refractivity contribution in [3.63, 3.8) is 0 Å². The highest BCUT2D eigenvalue weighted by molar-refractivity contribution is 5.20. The first-order valence-electron chi connectivity index (χ1n) is 4.34. The van der Waals surface area contributed by atoms with Gasteiger partial charge in [0.2, 0.25) is 0 Å². The van der Waals surface area contributed by atoms with Crippen LogP contribution in [0.5, 0.6) is 0 Å². The van der Waals surface area contributed by atoms with E-state index < -0.39 is 0 Å². The van der Waals surface area contributed by atoms with Crippen LogP contribution in [0.1, 0.15) is 18.5 Å². The van der Waals surface area contributed by atoms with Gasteiger partial charge in [0.05, 0.1) is 0 Å². The third-order valence-corrected chi connectivity index (χ3v) is 1.94. The molecule has 0 bridgehead atoms. The van der Waals surface area contributed by atoms with Gasteiger partial charge < -0.3 is 5.32 Å². The number of hydrogen-bond donors (Lipinski definition) is 1. The van der Waals surface area contributed by atoms with Crippen molar-refractivity contribution >= 4 is 0 Å². The molecule has 0 aliphatic carbocycles. The number of rotatable bonds is 4. The van der Waals surface area contributed by atoms with Crippen LogP contribution in [-0.2, 0) is 0 Å². The SMILES string of the molecule is C=CCNC(C)c1ccccc1F. The van der Waals surface area contributed by atoms with Crippen molar-refractivity contribution in [2.24, 2.45) is 0 Å². The Morgan fingerprint density at radius 2 is 2.23 bits per heavy atom. The molecule has 1 aromatic rings. The van der Waals surface area contributed by atoms with E-state index in [0.29, 0.717) is 12.1 Å². The topological polar surface area (TPSA) is 12.0 Å². The Kier molecular flexibility index (Phi) is 3.65. The first-order valence-corrected chi connectivity index (χ1v) is 4.34. The fourth-order valence-corrected chi connectivity index (χ4v) is 1.20. The summed E-state index contributed by atoms with van der Waals surface area (Å²) < 4.78 is 13.2. The van der Waals surface area contributed by atoms with Gasteiger partial charge in [-0.2, -0.15) is 0 Å².